The van der Waals surface area contributed by atoms with Gasteiger partial charge in [0.1, 0.15) is 0 Å². The normalized spacial score (nSPS) is 5.45. The largest absolute Gasteiger partial charge is 0.106 e. The fraction of sp³-hybridized carbons (Fsp3) is 0.455. The van der Waals surface area contributed by atoms with Crippen molar-refractivity contribution in [2.24, 2.45) is 0 Å². The van der Waals surface area contributed by atoms with Gasteiger partial charge in [-0.3, -0.25) is 0 Å². The maximum atomic E-state index is 3.60. The standard InChI is InChI=1S/2C7H12.2C2H4.4CH4/c2*1-3-5-7-6-4-2;2*1-2;;;;/h2*3-4H,1-2,5-7H2;2*1-2H2;4*1H4. The molecule has 0 aromatic rings. The number of rotatable bonds is 8. The van der Waals surface area contributed by atoms with Crippen LogP contribution in [0.25, 0.3) is 0 Å². The summed E-state index contributed by atoms with van der Waals surface area (Å²) in [5.74, 6) is 0. The van der Waals surface area contributed by atoms with Gasteiger partial charge in [0.25, 0.3) is 0 Å². The molecule has 0 aromatic carbocycles. The predicted molar refractivity (Wildman–Crippen MR) is 118 cm³/mol. The molecule has 0 bridgehead atoms. The Kier molecular flexibility index (Phi) is 211. The molecule has 0 saturated carbocycles. The second-order valence-corrected chi connectivity index (χ2v) is 3.02. The maximum absolute atomic E-state index is 3.60. The number of hydrogen-bond donors (Lipinski definition) is 0. The van der Waals surface area contributed by atoms with E-state index in [1.165, 1.54) is 12.8 Å². The van der Waals surface area contributed by atoms with E-state index in [9.17, 15) is 0 Å². The Bertz CT molecular complexity index is 129. The maximum Gasteiger partial charge on any atom is -0.0350 e. The zero-order valence-electron chi connectivity index (χ0n) is 12.2. The summed E-state index contributed by atoms with van der Waals surface area (Å²) in [4.78, 5) is 0. The number of unbranched alkanes of at least 4 members (excludes halogenated alkanes) is 4. The van der Waals surface area contributed by atoms with Crippen LogP contribution >= 0.6 is 0 Å². The van der Waals surface area contributed by atoms with E-state index >= 15 is 0 Å². The van der Waals surface area contributed by atoms with Crippen LogP contribution < -0.4 is 0 Å². The quantitative estimate of drug-likeness (QED) is 0.309. The first-order valence-electron chi connectivity index (χ1n) is 6.27. The van der Waals surface area contributed by atoms with Gasteiger partial charge in [-0.05, 0) is 38.5 Å². The van der Waals surface area contributed by atoms with Gasteiger partial charge in [0.05, 0.1) is 0 Å². The SMILES string of the molecule is C.C.C.C.C=C.C=C.C=CCCCC=C.C=CCCCC=C. The summed E-state index contributed by atoms with van der Waals surface area (Å²) < 4.78 is 0. The average Bonchev–Trinajstić information content (AvgIpc) is 2.45. The number of allylic oxidation sites excluding steroid dienone is 4. The molecule has 0 saturated heterocycles. The van der Waals surface area contributed by atoms with E-state index in [4.69, 9.17) is 0 Å². The minimum atomic E-state index is 0. The van der Waals surface area contributed by atoms with Crippen molar-refractivity contribution in [3.63, 3.8) is 0 Å². The first kappa shape index (κ1) is 49.9. The lowest BCUT2D eigenvalue weighted by atomic mass is 10.2. The Labute approximate surface area is 145 Å². The minimum absolute atomic E-state index is 0. The summed E-state index contributed by atoms with van der Waals surface area (Å²) in [6.07, 6.45) is 14.6. The third-order valence-electron chi connectivity index (χ3n) is 1.63. The summed E-state index contributed by atoms with van der Waals surface area (Å²) in [5.41, 5.74) is 0. The average molecular weight is 313 g/mol. The highest BCUT2D eigenvalue weighted by Gasteiger charge is 1.74. The lowest BCUT2D eigenvalue weighted by Crippen LogP contribution is -1.64. The van der Waals surface area contributed by atoms with Gasteiger partial charge in [0, 0.05) is 0 Å². The van der Waals surface area contributed by atoms with Crippen LogP contribution in [0.4, 0.5) is 0 Å². The van der Waals surface area contributed by atoms with Crippen molar-refractivity contribution < 1.29 is 0 Å². The van der Waals surface area contributed by atoms with E-state index in [1.54, 1.807) is 0 Å². The Hall–Kier alpha value is -1.56. The molecule has 0 atom stereocenters. The van der Waals surface area contributed by atoms with E-state index in [2.05, 4.69) is 52.6 Å². The zero-order valence-corrected chi connectivity index (χ0v) is 12.2. The zero-order chi connectivity index (χ0) is 15.1. The van der Waals surface area contributed by atoms with Crippen molar-refractivity contribution in [2.45, 2.75) is 68.2 Å². The van der Waals surface area contributed by atoms with E-state index in [0.717, 1.165) is 25.7 Å². The molecule has 0 aliphatic carbocycles. The first-order chi connectivity index (χ1) is 8.83. The Morgan fingerprint density at radius 1 is 0.409 bits per heavy atom. The highest BCUT2D eigenvalue weighted by Crippen LogP contribution is 1.94. The fourth-order valence-corrected chi connectivity index (χ4v) is 0.813. The fourth-order valence-electron chi connectivity index (χ4n) is 0.813. The van der Waals surface area contributed by atoms with Gasteiger partial charge in [-0.15, -0.1) is 52.6 Å². The predicted octanol–water partition coefficient (Wildman–Crippen LogP) is 9.21. The lowest BCUT2D eigenvalue weighted by molar-refractivity contribution is 0.871. The second-order valence-electron chi connectivity index (χ2n) is 3.02. The number of hydrogen-bond acceptors (Lipinski definition) is 0. The van der Waals surface area contributed by atoms with Crippen LogP contribution in [0, 0.1) is 0 Å². The van der Waals surface area contributed by atoms with Gasteiger partial charge in [-0.1, -0.05) is 54.0 Å². The smallest absolute Gasteiger partial charge is 0.0350 e. The van der Waals surface area contributed by atoms with Gasteiger partial charge in [-0.25, -0.2) is 0 Å². The second kappa shape index (κ2) is 92.8. The van der Waals surface area contributed by atoms with Gasteiger partial charge < -0.3 is 0 Å². The van der Waals surface area contributed by atoms with Crippen LogP contribution in [0.15, 0.2) is 76.9 Å². The summed E-state index contributed by atoms with van der Waals surface area (Å²) in [5, 5.41) is 0. The molecule has 0 N–H and O–H groups in total. The molecule has 0 aromatic heterocycles. The highest BCUT2D eigenvalue weighted by molar-refractivity contribution is 4.72. The topological polar surface area (TPSA) is 0 Å². The van der Waals surface area contributed by atoms with Crippen molar-refractivity contribution in [3.8, 4) is 0 Å². The lowest BCUT2D eigenvalue weighted by Gasteiger charge is -1.84. The molecule has 0 rings (SSSR count). The molecule has 0 nitrogen and oxygen atoms in total. The Morgan fingerprint density at radius 2 is 0.545 bits per heavy atom. The van der Waals surface area contributed by atoms with Gasteiger partial charge in [0.2, 0.25) is 0 Å². The van der Waals surface area contributed by atoms with Crippen LogP contribution in [-0.4, -0.2) is 0 Å². The van der Waals surface area contributed by atoms with Crippen LogP contribution in [0.2, 0.25) is 0 Å². The van der Waals surface area contributed by atoms with Crippen molar-refractivity contribution in [1.82, 2.24) is 0 Å². The minimum Gasteiger partial charge on any atom is -0.106 e. The summed E-state index contributed by atoms with van der Waals surface area (Å²) in [6.45, 7) is 26.4. The molecule has 0 heteroatoms. The molecule has 0 spiro atoms. The molecule has 136 valence electrons. The summed E-state index contributed by atoms with van der Waals surface area (Å²) in [6, 6.07) is 0. The van der Waals surface area contributed by atoms with E-state index in [0.29, 0.717) is 0 Å². The van der Waals surface area contributed by atoms with Crippen molar-refractivity contribution >= 4 is 0 Å². The molecular formula is C22H48. The van der Waals surface area contributed by atoms with E-state index in [1.807, 2.05) is 24.3 Å². The summed E-state index contributed by atoms with van der Waals surface area (Å²) in [7, 11) is 0. The molecule has 0 unspecified atom stereocenters. The highest BCUT2D eigenvalue weighted by atomic mass is 13.8. The third-order valence-corrected chi connectivity index (χ3v) is 1.63. The Balaban J connectivity index is -0.0000000210. The molecular weight excluding hydrogens is 264 g/mol. The summed E-state index contributed by atoms with van der Waals surface area (Å²) >= 11 is 0. The molecule has 0 fully saturated rings. The molecule has 22 heavy (non-hydrogen) atoms. The van der Waals surface area contributed by atoms with Crippen molar-refractivity contribution in [3.05, 3.63) is 76.9 Å². The van der Waals surface area contributed by atoms with Crippen LogP contribution in [0.5, 0.6) is 0 Å². The first-order valence-corrected chi connectivity index (χ1v) is 6.27. The van der Waals surface area contributed by atoms with Crippen LogP contribution in [0.3, 0.4) is 0 Å². The van der Waals surface area contributed by atoms with E-state index in [-0.39, 0.29) is 29.7 Å². The molecule has 0 heterocycles. The molecule has 0 amide bonds. The van der Waals surface area contributed by atoms with Crippen LogP contribution in [0.1, 0.15) is 68.2 Å². The molecule has 0 aliphatic rings. The third kappa shape index (κ3) is 135. The van der Waals surface area contributed by atoms with E-state index < -0.39 is 0 Å². The van der Waals surface area contributed by atoms with Crippen LogP contribution in [-0.2, 0) is 0 Å². The van der Waals surface area contributed by atoms with Crippen molar-refractivity contribution in [2.75, 3.05) is 0 Å². The molecule has 0 radical (unpaired) electrons. The van der Waals surface area contributed by atoms with Gasteiger partial charge in [-0.2, -0.15) is 0 Å². The van der Waals surface area contributed by atoms with Gasteiger partial charge in [0.15, 0.2) is 0 Å². The Morgan fingerprint density at radius 3 is 0.636 bits per heavy atom. The molecule has 0 aliphatic heterocycles. The van der Waals surface area contributed by atoms with Crippen molar-refractivity contribution in [1.29, 1.82) is 0 Å². The monoisotopic (exact) mass is 312 g/mol. The van der Waals surface area contributed by atoms with Gasteiger partial charge >= 0.3 is 0 Å².